The van der Waals surface area contributed by atoms with E-state index in [1.807, 2.05) is 42.8 Å². The minimum atomic E-state index is -0.291. The molecule has 0 bridgehead atoms. The van der Waals surface area contributed by atoms with Gasteiger partial charge in [0, 0.05) is 24.3 Å². The summed E-state index contributed by atoms with van der Waals surface area (Å²) >= 11 is 6.24. The zero-order valence-corrected chi connectivity index (χ0v) is 12.5. The monoisotopic (exact) mass is 299 g/mol. The van der Waals surface area contributed by atoms with Gasteiger partial charge in [0.05, 0.1) is 11.4 Å². The molecule has 3 heterocycles. The molecule has 0 N–H and O–H groups in total. The van der Waals surface area contributed by atoms with Crippen LogP contribution in [0.3, 0.4) is 0 Å². The molecule has 0 spiro atoms. The molecule has 0 fully saturated rings. The summed E-state index contributed by atoms with van der Waals surface area (Å²) in [6, 6.07) is 7.47. The highest BCUT2D eigenvalue weighted by Gasteiger charge is 2.24. The molecule has 6 heteroatoms. The van der Waals surface area contributed by atoms with Crippen LogP contribution in [-0.2, 0) is 0 Å². The van der Waals surface area contributed by atoms with Gasteiger partial charge in [-0.3, -0.25) is 14.6 Å². The van der Waals surface area contributed by atoms with Crippen LogP contribution in [0.25, 0.3) is 0 Å². The molecule has 21 heavy (non-hydrogen) atoms. The highest BCUT2D eigenvalue weighted by atomic mass is 35.5. The molecule has 0 aliphatic rings. The van der Waals surface area contributed by atoms with Crippen LogP contribution in [0, 0.1) is 13.8 Å². The van der Waals surface area contributed by atoms with E-state index in [9.17, 15) is 0 Å². The van der Waals surface area contributed by atoms with Crippen LogP contribution in [-0.4, -0.2) is 24.7 Å². The van der Waals surface area contributed by atoms with Gasteiger partial charge in [-0.2, -0.15) is 5.10 Å². The lowest BCUT2D eigenvalue weighted by Crippen LogP contribution is -2.18. The first kappa shape index (κ1) is 13.7. The highest BCUT2D eigenvalue weighted by Crippen LogP contribution is 2.28. The zero-order valence-electron chi connectivity index (χ0n) is 11.7. The number of nitrogens with zero attached hydrogens (tertiary/aromatic N) is 5. The predicted octanol–water partition coefficient (Wildman–Crippen LogP) is 2.98. The molecule has 0 saturated heterocycles. The van der Waals surface area contributed by atoms with Crippen molar-refractivity contribution in [1.29, 1.82) is 0 Å². The van der Waals surface area contributed by atoms with E-state index in [-0.39, 0.29) is 6.04 Å². The summed E-state index contributed by atoms with van der Waals surface area (Å²) in [5, 5.41) is 4.92. The first-order chi connectivity index (χ1) is 10.2. The maximum atomic E-state index is 6.24. The van der Waals surface area contributed by atoms with Crippen molar-refractivity contribution in [3.63, 3.8) is 0 Å². The lowest BCUT2D eigenvalue weighted by molar-refractivity contribution is 0.550. The standard InChI is InChI=1S/C15H14ClN5/c1-10-9-11(2)21(20-10)14(12-5-3-4-6-17-12)13-15(16)19-8-7-18-13/h3-9,14H,1-2H3. The van der Waals surface area contributed by atoms with Gasteiger partial charge in [-0.25, -0.2) is 4.98 Å². The maximum absolute atomic E-state index is 6.24. The van der Waals surface area contributed by atoms with Gasteiger partial charge >= 0.3 is 0 Å². The van der Waals surface area contributed by atoms with Crippen molar-refractivity contribution in [2.24, 2.45) is 0 Å². The molecule has 1 unspecified atom stereocenters. The van der Waals surface area contributed by atoms with Gasteiger partial charge in [0.25, 0.3) is 0 Å². The smallest absolute Gasteiger partial charge is 0.153 e. The second-order valence-corrected chi connectivity index (χ2v) is 5.12. The van der Waals surface area contributed by atoms with Crippen LogP contribution in [0.2, 0.25) is 5.15 Å². The fourth-order valence-corrected chi connectivity index (χ4v) is 2.55. The Kier molecular flexibility index (Phi) is 3.66. The van der Waals surface area contributed by atoms with E-state index in [1.165, 1.54) is 0 Å². The van der Waals surface area contributed by atoms with E-state index < -0.39 is 0 Å². The Hall–Kier alpha value is -2.27. The van der Waals surface area contributed by atoms with E-state index in [0.717, 1.165) is 17.1 Å². The number of hydrogen-bond acceptors (Lipinski definition) is 4. The van der Waals surface area contributed by atoms with E-state index in [0.29, 0.717) is 10.8 Å². The van der Waals surface area contributed by atoms with Gasteiger partial charge in [-0.05, 0) is 32.0 Å². The summed E-state index contributed by atoms with van der Waals surface area (Å²) in [4.78, 5) is 12.9. The number of aromatic nitrogens is 5. The molecule has 0 aliphatic heterocycles. The van der Waals surface area contributed by atoms with E-state index in [2.05, 4.69) is 20.1 Å². The molecule has 5 nitrogen and oxygen atoms in total. The van der Waals surface area contributed by atoms with Gasteiger partial charge in [-0.15, -0.1) is 0 Å². The lowest BCUT2D eigenvalue weighted by Gasteiger charge is -2.18. The predicted molar refractivity (Wildman–Crippen MR) is 80.2 cm³/mol. The molecule has 0 aromatic carbocycles. The Morgan fingerprint density at radius 1 is 1.05 bits per heavy atom. The number of rotatable bonds is 3. The summed E-state index contributed by atoms with van der Waals surface area (Å²) < 4.78 is 1.88. The van der Waals surface area contributed by atoms with Gasteiger partial charge in [0.1, 0.15) is 11.7 Å². The Morgan fingerprint density at radius 3 is 2.48 bits per heavy atom. The quantitative estimate of drug-likeness (QED) is 0.746. The molecule has 3 rings (SSSR count). The van der Waals surface area contributed by atoms with Gasteiger partial charge < -0.3 is 0 Å². The maximum Gasteiger partial charge on any atom is 0.153 e. The van der Waals surface area contributed by atoms with E-state index in [4.69, 9.17) is 11.6 Å². The molecular formula is C15H14ClN5. The molecule has 1 atom stereocenters. The SMILES string of the molecule is Cc1cc(C)n(C(c2ccccn2)c2nccnc2Cl)n1. The van der Waals surface area contributed by atoms with Crippen LogP contribution in [0.15, 0.2) is 42.9 Å². The third-order valence-corrected chi connectivity index (χ3v) is 3.49. The van der Waals surface area contributed by atoms with Crippen molar-refractivity contribution < 1.29 is 0 Å². The second kappa shape index (κ2) is 5.61. The van der Waals surface area contributed by atoms with Crippen LogP contribution in [0.4, 0.5) is 0 Å². The molecule has 3 aromatic rings. The average molecular weight is 300 g/mol. The number of aryl methyl sites for hydroxylation is 2. The van der Waals surface area contributed by atoms with Gasteiger partial charge in [0.2, 0.25) is 0 Å². The highest BCUT2D eigenvalue weighted by molar-refractivity contribution is 6.30. The summed E-state index contributed by atoms with van der Waals surface area (Å²) in [6.45, 7) is 3.96. The van der Waals surface area contributed by atoms with Crippen molar-refractivity contribution in [1.82, 2.24) is 24.7 Å². The minimum absolute atomic E-state index is 0.291. The molecule has 106 valence electrons. The fraction of sp³-hybridized carbons (Fsp3) is 0.200. The normalized spacial score (nSPS) is 12.3. The largest absolute Gasteiger partial charge is 0.259 e. The van der Waals surface area contributed by atoms with Crippen LogP contribution in [0.1, 0.15) is 28.8 Å². The molecule has 0 radical (unpaired) electrons. The summed E-state index contributed by atoms with van der Waals surface area (Å²) in [6.07, 6.45) is 4.95. The van der Waals surface area contributed by atoms with Crippen molar-refractivity contribution in [2.45, 2.75) is 19.9 Å². The van der Waals surface area contributed by atoms with Crippen molar-refractivity contribution in [2.75, 3.05) is 0 Å². The number of halogens is 1. The lowest BCUT2D eigenvalue weighted by atomic mass is 10.1. The van der Waals surface area contributed by atoms with Crippen LogP contribution >= 0.6 is 11.6 Å². The van der Waals surface area contributed by atoms with Crippen LogP contribution in [0.5, 0.6) is 0 Å². The Bertz CT molecular complexity index is 754. The van der Waals surface area contributed by atoms with Crippen molar-refractivity contribution >= 4 is 11.6 Å². The van der Waals surface area contributed by atoms with Gasteiger partial charge in [0.15, 0.2) is 5.15 Å². The first-order valence-electron chi connectivity index (χ1n) is 6.57. The van der Waals surface area contributed by atoms with Crippen LogP contribution < -0.4 is 0 Å². The third-order valence-electron chi connectivity index (χ3n) is 3.20. The van der Waals surface area contributed by atoms with Crippen molar-refractivity contribution in [3.8, 4) is 0 Å². The molecule has 3 aromatic heterocycles. The molecule has 0 aliphatic carbocycles. The average Bonchev–Trinajstić information content (AvgIpc) is 2.81. The molecular weight excluding hydrogens is 286 g/mol. The van der Waals surface area contributed by atoms with E-state index >= 15 is 0 Å². The Balaban J connectivity index is 2.21. The third kappa shape index (κ3) is 2.64. The molecule has 0 saturated carbocycles. The number of pyridine rings is 1. The first-order valence-corrected chi connectivity index (χ1v) is 6.94. The minimum Gasteiger partial charge on any atom is -0.259 e. The Morgan fingerprint density at radius 2 is 1.86 bits per heavy atom. The Labute approximate surface area is 127 Å². The zero-order chi connectivity index (χ0) is 14.8. The number of hydrogen-bond donors (Lipinski definition) is 0. The topological polar surface area (TPSA) is 56.5 Å². The van der Waals surface area contributed by atoms with Gasteiger partial charge in [-0.1, -0.05) is 17.7 Å². The summed E-state index contributed by atoms with van der Waals surface area (Å²) in [7, 11) is 0. The van der Waals surface area contributed by atoms with Crippen molar-refractivity contribution in [3.05, 3.63) is 70.8 Å². The summed E-state index contributed by atoms with van der Waals surface area (Å²) in [5.41, 5.74) is 3.42. The summed E-state index contributed by atoms with van der Waals surface area (Å²) in [5.74, 6) is 0. The fourth-order valence-electron chi connectivity index (χ4n) is 2.34. The molecule has 0 amide bonds. The second-order valence-electron chi connectivity index (χ2n) is 4.76. The van der Waals surface area contributed by atoms with E-state index in [1.54, 1.807) is 18.6 Å².